The Bertz CT molecular complexity index is 676. The maximum absolute atomic E-state index is 13.8. The fourth-order valence-electron chi connectivity index (χ4n) is 3.48. The minimum atomic E-state index is -0.385. The van der Waals surface area contributed by atoms with Crippen LogP contribution in [0.4, 0.5) is 10.1 Å². The van der Waals surface area contributed by atoms with Gasteiger partial charge in [-0.2, -0.15) is 0 Å². The van der Waals surface area contributed by atoms with Gasteiger partial charge in [-0.1, -0.05) is 41.9 Å². The molecule has 1 fully saturated rings. The maximum Gasteiger partial charge on any atom is 0.142 e. The molecule has 2 aliphatic heterocycles. The van der Waals surface area contributed by atoms with Crippen LogP contribution in [0, 0.1) is 11.7 Å². The smallest absolute Gasteiger partial charge is 0.142 e. The van der Waals surface area contributed by atoms with Gasteiger partial charge in [0.25, 0.3) is 0 Å². The maximum atomic E-state index is 13.8. The first kappa shape index (κ1) is 13.1. The summed E-state index contributed by atoms with van der Waals surface area (Å²) in [6.45, 7) is 0.687. The highest BCUT2D eigenvalue weighted by atomic mass is 35.5. The molecule has 2 nitrogen and oxygen atoms in total. The number of benzene rings is 2. The fourth-order valence-corrected chi connectivity index (χ4v) is 3.75. The Kier molecular flexibility index (Phi) is 3.12. The molecule has 3 atom stereocenters. The number of fused-ring (bicyclic) bond motifs is 3. The van der Waals surface area contributed by atoms with E-state index in [4.69, 9.17) is 16.3 Å². The van der Waals surface area contributed by atoms with Crippen LogP contribution in [-0.4, -0.2) is 6.61 Å². The van der Waals surface area contributed by atoms with Crippen molar-refractivity contribution in [3.05, 3.63) is 64.4 Å². The van der Waals surface area contributed by atoms with Crippen molar-refractivity contribution >= 4 is 17.3 Å². The lowest BCUT2D eigenvalue weighted by Gasteiger charge is -2.37. The van der Waals surface area contributed by atoms with Crippen LogP contribution in [0.1, 0.15) is 29.7 Å². The highest BCUT2D eigenvalue weighted by Gasteiger charge is 2.42. The molecule has 0 spiro atoms. The van der Waals surface area contributed by atoms with Crippen molar-refractivity contribution in [2.75, 3.05) is 11.9 Å². The third-order valence-corrected chi connectivity index (χ3v) is 4.84. The summed E-state index contributed by atoms with van der Waals surface area (Å²) in [6.07, 6.45) is 0.818. The molecule has 0 amide bonds. The van der Waals surface area contributed by atoms with Crippen LogP contribution in [0.15, 0.2) is 42.5 Å². The lowest BCUT2D eigenvalue weighted by atomic mass is 9.81. The molecule has 2 aromatic carbocycles. The monoisotopic (exact) mass is 303 g/mol. The molecular weight excluding hydrogens is 289 g/mol. The predicted molar refractivity (Wildman–Crippen MR) is 81.0 cm³/mol. The molecule has 0 radical (unpaired) electrons. The van der Waals surface area contributed by atoms with Gasteiger partial charge in [-0.25, -0.2) is 4.39 Å². The summed E-state index contributed by atoms with van der Waals surface area (Å²) in [5.74, 6) is -0.108. The van der Waals surface area contributed by atoms with Gasteiger partial charge < -0.3 is 10.1 Å². The van der Waals surface area contributed by atoms with E-state index in [2.05, 4.69) is 17.4 Å². The lowest BCUT2D eigenvalue weighted by Crippen LogP contribution is -2.29. The Morgan fingerprint density at radius 1 is 1.14 bits per heavy atom. The molecule has 1 saturated heterocycles. The third kappa shape index (κ3) is 2.03. The van der Waals surface area contributed by atoms with Crippen LogP contribution in [0.2, 0.25) is 5.02 Å². The first-order valence-corrected chi connectivity index (χ1v) is 7.54. The molecule has 0 aromatic heterocycles. The first-order valence-electron chi connectivity index (χ1n) is 7.16. The third-order valence-electron chi connectivity index (χ3n) is 4.45. The summed E-state index contributed by atoms with van der Waals surface area (Å²) < 4.78 is 19.6. The minimum absolute atomic E-state index is 0.130. The molecule has 3 unspecified atom stereocenters. The number of ether oxygens (including phenoxy) is 1. The molecule has 0 bridgehead atoms. The average molecular weight is 304 g/mol. The Morgan fingerprint density at radius 3 is 2.76 bits per heavy atom. The summed E-state index contributed by atoms with van der Waals surface area (Å²) >= 11 is 6.18. The summed E-state index contributed by atoms with van der Waals surface area (Å²) in [4.78, 5) is 0. The van der Waals surface area contributed by atoms with Crippen LogP contribution >= 0.6 is 11.6 Å². The topological polar surface area (TPSA) is 21.3 Å². The molecule has 4 heteroatoms. The minimum Gasteiger partial charge on any atom is -0.377 e. The van der Waals surface area contributed by atoms with Crippen molar-refractivity contribution in [2.24, 2.45) is 5.92 Å². The van der Waals surface area contributed by atoms with E-state index < -0.39 is 0 Å². The number of rotatable bonds is 1. The molecule has 2 heterocycles. The van der Waals surface area contributed by atoms with Gasteiger partial charge in [-0.3, -0.25) is 0 Å². The SMILES string of the molecule is Fc1ccc2c(c1Cl)C1OCCC1C(c1ccccc1)N2. The van der Waals surface area contributed by atoms with Crippen LogP contribution < -0.4 is 5.32 Å². The van der Waals surface area contributed by atoms with Crippen LogP contribution in [-0.2, 0) is 4.74 Å². The number of anilines is 1. The highest BCUT2D eigenvalue weighted by Crippen LogP contribution is 2.52. The molecule has 21 heavy (non-hydrogen) atoms. The van der Waals surface area contributed by atoms with E-state index in [-0.39, 0.29) is 28.9 Å². The fraction of sp³-hybridized carbons (Fsp3) is 0.294. The molecule has 4 rings (SSSR count). The van der Waals surface area contributed by atoms with Crippen molar-refractivity contribution in [3.63, 3.8) is 0 Å². The molecule has 2 aliphatic rings. The van der Waals surface area contributed by atoms with Gasteiger partial charge in [0.1, 0.15) is 5.82 Å². The predicted octanol–water partition coefficient (Wildman–Crippen LogP) is 4.72. The Morgan fingerprint density at radius 2 is 1.95 bits per heavy atom. The average Bonchev–Trinajstić information content (AvgIpc) is 3.00. The normalized spacial score (nSPS) is 26.9. The van der Waals surface area contributed by atoms with Crippen molar-refractivity contribution in [2.45, 2.75) is 18.6 Å². The first-order chi connectivity index (χ1) is 10.3. The van der Waals surface area contributed by atoms with E-state index in [0.717, 1.165) is 17.7 Å². The zero-order valence-corrected chi connectivity index (χ0v) is 12.1. The second-order valence-electron chi connectivity index (χ2n) is 5.60. The number of hydrogen-bond donors (Lipinski definition) is 1. The van der Waals surface area contributed by atoms with Gasteiger partial charge in [0.05, 0.1) is 17.2 Å². The van der Waals surface area contributed by atoms with E-state index in [9.17, 15) is 4.39 Å². The lowest BCUT2D eigenvalue weighted by molar-refractivity contribution is 0.0827. The molecule has 2 aromatic rings. The van der Waals surface area contributed by atoms with Crippen molar-refractivity contribution in [1.29, 1.82) is 0 Å². The van der Waals surface area contributed by atoms with Gasteiger partial charge in [-0.05, 0) is 24.1 Å². The van der Waals surface area contributed by atoms with Gasteiger partial charge in [0.15, 0.2) is 0 Å². The van der Waals surface area contributed by atoms with Gasteiger partial charge >= 0.3 is 0 Å². The quantitative estimate of drug-likeness (QED) is 0.823. The Balaban J connectivity index is 1.83. The Hall–Kier alpha value is -1.58. The summed E-state index contributed by atoms with van der Waals surface area (Å²) in [5, 5.41) is 3.71. The zero-order valence-electron chi connectivity index (χ0n) is 11.4. The summed E-state index contributed by atoms with van der Waals surface area (Å²) in [7, 11) is 0. The number of halogens is 2. The van der Waals surface area contributed by atoms with E-state index >= 15 is 0 Å². The molecule has 0 aliphatic carbocycles. The van der Waals surface area contributed by atoms with Crippen LogP contribution in [0.3, 0.4) is 0 Å². The van der Waals surface area contributed by atoms with Crippen LogP contribution in [0.5, 0.6) is 0 Å². The number of hydrogen-bond acceptors (Lipinski definition) is 2. The van der Waals surface area contributed by atoms with E-state index in [1.165, 1.54) is 11.6 Å². The summed E-state index contributed by atoms with van der Waals surface area (Å²) in [5.41, 5.74) is 2.87. The van der Waals surface area contributed by atoms with Crippen molar-refractivity contribution in [3.8, 4) is 0 Å². The highest BCUT2D eigenvalue weighted by molar-refractivity contribution is 6.32. The summed E-state index contributed by atoms with van der Waals surface area (Å²) in [6, 6.07) is 13.6. The molecule has 0 saturated carbocycles. The van der Waals surface area contributed by atoms with E-state index in [0.29, 0.717) is 6.61 Å². The van der Waals surface area contributed by atoms with Crippen molar-refractivity contribution < 1.29 is 9.13 Å². The Labute approximate surface area is 127 Å². The van der Waals surface area contributed by atoms with E-state index in [1.807, 2.05) is 18.2 Å². The van der Waals surface area contributed by atoms with E-state index in [1.54, 1.807) is 6.07 Å². The molecule has 1 N–H and O–H groups in total. The standard InChI is InChI=1S/C17H15ClFNO/c18-15-12(19)6-7-13-14(15)17-11(8-9-21-17)16(20-13)10-4-2-1-3-5-10/h1-7,11,16-17,20H,8-9H2. The molecule has 108 valence electrons. The van der Waals surface area contributed by atoms with Crippen LogP contribution in [0.25, 0.3) is 0 Å². The number of nitrogens with one attached hydrogen (secondary N) is 1. The van der Waals surface area contributed by atoms with Gasteiger partial charge in [0.2, 0.25) is 0 Å². The molecular formula is C17H15ClFNO. The second-order valence-corrected chi connectivity index (χ2v) is 5.98. The largest absolute Gasteiger partial charge is 0.377 e. The van der Waals surface area contributed by atoms with Crippen molar-refractivity contribution in [1.82, 2.24) is 0 Å². The van der Waals surface area contributed by atoms with Gasteiger partial charge in [0, 0.05) is 23.8 Å². The zero-order chi connectivity index (χ0) is 14.4. The second kappa shape index (κ2) is 5.00. The van der Waals surface area contributed by atoms with Gasteiger partial charge in [-0.15, -0.1) is 0 Å².